The number of fused-ring (bicyclic) bond motifs is 5. The summed E-state index contributed by atoms with van der Waals surface area (Å²) >= 11 is 3.47. The summed E-state index contributed by atoms with van der Waals surface area (Å²) in [6.07, 6.45) is 18.6. The Morgan fingerprint density at radius 2 is 1.79 bits per heavy atom. The Morgan fingerprint density at radius 1 is 1.03 bits per heavy atom. The molecule has 0 aliphatic heterocycles. The molecule has 0 radical (unpaired) electrons. The summed E-state index contributed by atoms with van der Waals surface area (Å²) in [5.41, 5.74) is 3.40. The standard InChI is InChI=1S/C36H51BrO2/c1-24(2)10-9-11-25(3)30-16-17-31-29-15-14-27-23-28(18-20-35(27,4)32(29)19-21-36(30,31)5)39-34(38)33(37)22-26-12-7-6-8-13-26/h6-8,12-14,22,24-25,28-32H,9-11,15-21,23H2,1-5H3/t25-,28+,29-,30+,31+,32+,35+,36-/m1/s1. The van der Waals surface area contributed by atoms with Crippen molar-refractivity contribution in [1.82, 2.24) is 0 Å². The van der Waals surface area contributed by atoms with Crippen LogP contribution in [0, 0.1) is 46.3 Å². The van der Waals surface area contributed by atoms with Gasteiger partial charge in [0.1, 0.15) is 10.6 Å². The van der Waals surface area contributed by atoms with Crippen LogP contribution in [-0.4, -0.2) is 12.1 Å². The van der Waals surface area contributed by atoms with E-state index in [0.29, 0.717) is 9.90 Å². The predicted molar refractivity (Wildman–Crippen MR) is 166 cm³/mol. The number of carbonyl (C=O) groups excluding carboxylic acids is 1. The Kier molecular flexibility index (Phi) is 8.87. The average molecular weight is 596 g/mol. The third kappa shape index (κ3) is 5.86. The SMILES string of the molecule is CC(C)CCC[C@@H](C)[C@@H]1CC[C@H]2[C@H]3CC=C4C[C@@H](OC(=O)C(Br)=Cc5ccccc5)CC[C@]4(C)[C@H]3CC[C@@]21C. The molecule has 0 N–H and O–H groups in total. The predicted octanol–water partition coefficient (Wildman–Crippen LogP) is 10.4. The van der Waals surface area contributed by atoms with Gasteiger partial charge in [0, 0.05) is 6.42 Å². The summed E-state index contributed by atoms with van der Waals surface area (Å²) in [5.74, 6) is 4.88. The van der Waals surface area contributed by atoms with E-state index in [1.54, 1.807) is 5.57 Å². The van der Waals surface area contributed by atoms with Gasteiger partial charge in [-0.2, -0.15) is 0 Å². The van der Waals surface area contributed by atoms with Crippen molar-refractivity contribution in [2.45, 2.75) is 111 Å². The zero-order valence-electron chi connectivity index (χ0n) is 25.1. The highest BCUT2D eigenvalue weighted by atomic mass is 79.9. The minimum Gasteiger partial charge on any atom is -0.458 e. The van der Waals surface area contributed by atoms with Crippen molar-refractivity contribution < 1.29 is 9.53 Å². The largest absolute Gasteiger partial charge is 0.458 e. The van der Waals surface area contributed by atoms with E-state index in [1.807, 2.05) is 36.4 Å². The summed E-state index contributed by atoms with van der Waals surface area (Å²) in [6, 6.07) is 9.95. The molecular weight excluding hydrogens is 544 g/mol. The van der Waals surface area contributed by atoms with Crippen LogP contribution < -0.4 is 0 Å². The minimum atomic E-state index is -0.241. The van der Waals surface area contributed by atoms with Crippen LogP contribution in [0.15, 0.2) is 46.5 Å². The molecule has 39 heavy (non-hydrogen) atoms. The van der Waals surface area contributed by atoms with Crippen LogP contribution >= 0.6 is 15.9 Å². The summed E-state index contributed by atoms with van der Waals surface area (Å²) in [6.45, 7) is 12.5. The second kappa shape index (κ2) is 11.9. The molecule has 0 aromatic heterocycles. The van der Waals surface area contributed by atoms with E-state index in [2.05, 4.69) is 56.6 Å². The molecule has 1 aromatic rings. The van der Waals surface area contributed by atoms with E-state index >= 15 is 0 Å². The van der Waals surface area contributed by atoms with E-state index in [1.165, 1.54) is 51.4 Å². The van der Waals surface area contributed by atoms with Crippen LogP contribution in [0.2, 0.25) is 0 Å². The first-order valence-electron chi connectivity index (χ1n) is 15.9. The van der Waals surface area contributed by atoms with Crippen molar-refractivity contribution in [3.8, 4) is 0 Å². The monoisotopic (exact) mass is 594 g/mol. The van der Waals surface area contributed by atoms with Gasteiger partial charge < -0.3 is 4.74 Å². The lowest BCUT2D eigenvalue weighted by atomic mass is 9.47. The highest BCUT2D eigenvalue weighted by Gasteiger charge is 2.59. The molecule has 0 saturated heterocycles. The fraction of sp³-hybridized carbons (Fsp3) is 0.694. The maximum atomic E-state index is 12.9. The Hall–Kier alpha value is -1.35. The van der Waals surface area contributed by atoms with Crippen molar-refractivity contribution in [3.05, 3.63) is 52.0 Å². The van der Waals surface area contributed by atoms with Crippen molar-refractivity contribution in [2.75, 3.05) is 0 Å². The van der Waals surface area contributed by atoms with Gasteiger partial charge >= 0.3 is 5.97 Å². The molecule has 0 spiro atoms. The zero-order chi connectivity index (χ0) is 27.8. The summed E-state index contributed by atoms with van der Waals surface area (Å²) < 4.78 is 6.53. The highest BCUT2D eigenvalue weighted by Crippen LogP contribution is 2.67. The normalized spacial score (nSPS) is 36.9. The third-order valence-electron chi connectivity index (χ3n) is 11.8. The Bertz CT molecular complexity index is 1070. The number of ether oxygens (including phenoxy) is 1. The van der Waals surface area contributed by atoms with E-state index in [0.717, 1.165) is 60.3 Å². The number of hydrogen-bond donors (Lipinski definition) is 0. The van der Waals surface area contributed by atoms with Crippen molar-refractivity contribution in [2.24, 2.45) is 46.3 Å². The van der Waals surface area contributed by atoms with Gasteiger partial charge in [-0.1, -0.05) is 95.9 Å². The number of benzene rings is 1. The second-order valence-corrected chi connectivity index (χ2v) is 15.3. The van der Waals surface area contributed by atoms with Crippen LogP contribution in [0.5, 0.6) is 0 Å². The lowest BCUT2D eigenvalue weighted by molar-refractivity contribution is -0.145. The molecule has 1 aromatic carbocycles. The maximum Gasteiger partial charge on any atom is 0.345 e. The van der Waals surface area contributed by atoms with Gasteiger partial charge in [-0.05, 0) is 119 Å². The first-order chi connectivity index (χ1) is 18.6. The molecule has 8 atom stereocenters. The lowest BCUT2D eigenvalue weighted by Gasteiger charge is -2.58. The van der Waals surface area contributed by atoms with Gasteiger partial charge in [-0.25, -0.2) is 4.79 Å². The molecule has 2 nitrogen and oxygen atoms in total. The molecule has 5 rings (SSSR count). The van der Waals surface area contributed by atoms with Gasteiger partial charge in [-0.15, -0.1) is 0 Å². The Balaban J connectivity index is 1.23. The van der Waals surface area contributed by atoms with Crippen molar-refractivity contribution in [1.29, 1.82) is 0 Å². The zero-order valence-corrected chi connectivity index (χ0v) is 26.6. The first-order valence-corrected chi connectivity index (χ1v) is 16.7. The van der Waals surface area contributed by atoms with Gasteiger partial charge in [0.25, 0.3) is 0 Å². The second-order valence-electron chi connectivity index (χ2n) is 14.5. The van der Waals surface area contributed by atoms with Gasteiger partial charge in [-0.3, -0.25) is 0 Å². The number of allylic oxidation sites excluding steroid dienone is 1. The molecule has 4 aliphatic carbocycles. The smallest absolute Gasteiger partial charge is 0.345 e. The molecule has 0 amide bonds. The maximum absolute atomic E-state index is 12.9. The van der Waals surface area contributed by atoms with Crippen LogP contribution in [0.4, 0.5) is 0 Å². The number of esters is 1. The fourth-order valence-corrected chi connectivity index (χ4v) is 10.1. The van der Waals surface area contributed by atoms with E-state index in [4.69, 9.17) is 4.74 Å². The quantitative estimate of drug-likeness (QED) is 0.170. The summed E-state index contributed by atoms with van der Waals surface area (Å²) in [4.78, 5) is 12.9. The molecule has 3 fully saturated rings. The van der Waals surface area contributed by atoms with E-state index in [-0.39, 0.29) is 17.5 Å². The van der Waals surface area contributed by atoms with Crippen LogP contribution in [0.3, 0.4) is 0 Å². The Morgan fingerprint density at radius 3 is 2.54 bits per heavy atom. The average Bonchev–Trinajstić information content (AvgIpc) is 3.26. The molecular formula is C36H51BrO2. The van der Waals surface area contributed by atoms with Gasteiger partial charge in [0.05, 0.1) is 0 Å². The van der Waals surface area contributed by atoms with Crippen LogP contribution in [-0.2, 0) is 9.53 Å². The Labute approximate surface area is 246 Å². The lowest BCUT2D eigenvalue weighted by Crippen LogP contribution is -2.51. The fourth-order valence-electron chi connectivity index (χ4n) is 9.71. The summed E-state index contributed by atoms with van der Waals surface area (Å²) in [5, 5.41) is 0. The molecule has 0 heterocycles. The molecule has 4 aliphatic rings. The van der Waals surface area contributed by atoms with Gasteiger partial charge in [0.15, 0.2) is 0 Å². The molecule has 3 saturated carbocycles. The number of halogens is 1. The van der Waals surface area contributed by atoms with Crippen LogP contribution in [0.1, 0.15) is 111 Å². The number of hydrogen-bond acceptors (Lipinski definition) is 2. The van der Waals surface area contributed by atoms with Crippen LogP contribution in [0.25, 0.3) is 6.08 Å². The molecule has 0 bridgehead atoms. The number of carbonyl (C=O) groups is 1. The highest BCUT2D eigenvalue weighted by molar-refractivity contribution is 9.12. The van der Waals surface area contributed by atoms with Gasteiger partial charge in [0.2, 0.25) is 0 Å². The van der Waals surface area contributed by atoms with Crippen molar-refractivity contribution in [3.63, 3.8) is 0 Å². The minimum absolute atomic E-state index is 0.0125. The van der Waals surface area contributed by atoms with E-state index in [9.17, 15) is 4.79 Å². The molecule has 0 unspecified atom stereocenters. The third-order valence-corrected chi connectivity index (χ3v) is 12.4. The first kappa shape index (κ1) is 29.2. The molecule has 214 valence electrons. The summed E-state index contributed by atoms with van der Waals surface area (Å²) in [7, 11) is 0. The van der Waals surface area contributed by atoms with E-state index < -0.39 is 0 Å². The number of rotatable bonds is 8. The topological polar surface area (TPSA) is 26.3 Å². The van der Waals surface area contributed by atoms with Crippen molar-refractivity contribution >= 4 is 28.0 Å². The molecule has 3 heteroatoms.